The van der Waals surface area contributed by atoms with Crippen LogP contribution in [0.5, 0.6) is 5.75 Å². The van der Waals surface area contributed by atoms with Crippen molar-refractivity contribution in [1.82, 2.24) is 4.72 Å². The van der Waals surface area contributed by atoms with Gasteiger partial charge in [-0.2, -0.15) is 0 Å². The lowest BCUT2D eigenvalue weighted by molar-refractivity contribution is 0.283. The molecule has 0 aliphatic carbocycles. The Morgan fingerprint density at radius 3 is 2.67 bits per heavy atom. The van der Waals surface area contributed by atoms with E-state index in [-0.39, 0.29) is 18.3 Å². The molecule has 0 amide bonds. The van der Waals surface area contributed by atoms with Crippen LogP contribution in [-0.2, 0) is 11.3 Å². The molecule has 0 fully saturated rings. The number of benzene rings is 2. The first-order valence-corrected chi connectivity index (χ1v) is 9.38. The third kappa shape index (κ3) is 6.45. The van der Waals surface area contributed by atoms with E-state index in [0.29, 0.717) is 17.1 Å². The van der Waals surface area contributed by atoms with E-state index in [1.165, 1.54) is 31.2 Å². The fraction of sp³-hybridized carbons (Fsp3) is 0.200. The maximum atomic E-state index is 13.3. The summed E-state index contributed by atoms with van der Waals surface area (Å²) in [4.78, 5) is 0. The third-order valence-electron chi connectivity index (χ3n) is 3.57. The molecule has 5 N–H and O–H groups in total. The van der Waals surface area contributed by atoms with E-state index in [1.54, 1.807) is 12.1 Å². The monoisotopic (exact) mass is 389 g/mol. The van der Waals surface area contributed by atoms with Gasteiger partial charge in [0.1, 0.15) is 23.9 Å². The van der Waals surface area contributed by atoms with Gasteiger partial charge in [-0.05, 0) is 35.9 Å². The Balaban J connectivity index is 2.14. The van der Waals surface area contributed by atoms with Crippen LogP contribution in [0, 0.1) is 5.82 Å². The van der Waals surface area contributed by atoms with Crippen LogP contribution >= 0.6 is 11.9 Å². The van der Waals surface area contributed by atoms with E-state index in [1.807, 2.05) is 37.3 Å². The van der Waals surface area contributed by atoms with Gasteiger partial charge in [-0.3, -0.25) is 0 Å². The maximum absolute atomic E-state index is 13.3. The van der Waals surface area contributed by atoms with Crippen molar-refractivity contribution >= 4 is 17.6 Å². The van der Waals surface area contributed by atoms with Crippen molar-refractivity contribution in [3.63, 3.8) is 0 Å². The second-order valence-corrected chi connectivity index (χ2v) is 6.63. The molecule has 0 radical (unpaired) electrons. The van der Waals surface area contributed by atoms with E-state index in [2.05, 4.69) is 4.72 Å². The SMILES string of the molecule is CCSNC(/C=C(\N)c1cccc(OCc2cccc(F)c2)c1)=C(/N)OC. The normalized spacial score (nSPS) is 12.3. The molecule has 27 heavy (non-hydrogen) atoms. The first-order valence-electron chi connectivity index (χ1n) is 8.40. The molecular formula is C20H24FN3O2S. The zero-order chi connectivity index (χ0) is 19.6. The molecule has 0 spiro atoms. The lowest BCUT2D eigenvalue weighted by atomic mass is 10.1. The number of nitrogens with one attached hydrogen (secondary N) is 1. The molecule has 0 aliphatic rings. The molecule has 0 atom stereocenters. The standard InChI is InChI=1S/C20H24FN3O2S/c1-3-27-24-19(20(23)25-2)12-18(22)15-7-5-9-17(11-15)26-13-14-6-4-8-16(21)10-14/h4-12,24H,3,13,22-23H2,1-2H3/b18-12-,20-19-. The summed E-state index contributed by atoms with van der Waals surface area (Å²) in [6.45, 7) is 2.28. The Kier molecular flexibility index (Phi) is 7.88. The van der Waals surface area contributed by atoms with Gasteiger partial charge in [-0.15, -0.1) is 0 Å². The molecule has 0 saturated heterocycles. The van der Waals surface area contributed by atoms with E-state index < -0.39 is 0 Å². The fourth-order valence-electron chi connectivity index (χ4n) is 2.21. The van der Waals surface area contributed by atoms with Crippen LogP contribution < -0.4 is 20.9 Å². The molecule has 5 nitrogen and oxygen atoms in total. The number of rotatable bonds is 9. The van der Waals surface area contributed by atoms with Crippen LogP contribution in [0.25, 0.3) is 5.70 Å². The third-order valence-corrected chi connectivity index (χ3v) is 4.23. The highest BCUT2D eigenvalue weighted by atomic mass is 32.2. The van der Waals surface area contributed by atoms with Crippen molar-refractivity contribution in [3.05, 3.63) is 83.1 Å². The average Bonchev–Trinajstić information content (AvgIpc) is 2.69. The number of ether oxygens (including phenoxy) is 2. The summed E-state index contributed by atoms with van der Waals surface area (Å²) in [5.41, 5.74) is 14.7. The summed E-state index contributed by atoms with van der Waals surface area (Å²) in [6.07, 6.45) is 1.72. The van der Waals surface area contributed by atoms with Gasteiger partial charge < -0.3 is 25.7 Å². The predicted octanol–water partition coefficient (Wildman–Crippen LogP) is 3.74. The molecule has 2 aromatic rings. The van der Waals surface area contributed by atoms with E-state index in [0.717, 1.165) is 16.9 Å². The number of methoxy groups -OCH3 is 1. The minimum atomic E-state index is -0.287. The Morgan fingerprint density at radius 2 is 1.96 bits per heavy atom. The Bertz CT molecular complexity index is 824. The van der Waals surface area contributed by atoms with Gasteiger partial charge in [0.25, 0.3) is 0 Å². The van der Waals surface area contributed by atoms with E-state index >= 15 is 0 Å². The van der Waals surface area contributed by atoms with Crippen molar-refractivity contribution in [2.45, 2.75) is 13.5 Å². The summed E-state index contributed by atoms with van der Waals surface area (Å²) in [5, 5.41) is 0. The predicted molar refractivity (Wildman–Crippen MR) is 109 cm³/mol. The minimum absolute atomic E-state index is 0.248. The maximum Gasteiger partial charge on any atom is 0.208 e. The zero-order valence-corrected chi connectivity index (χ0v) is 16.2. The highest BCUT2D eigenvalue weighted by Crippen LogP contribution is 2.20. The molecule has 144 valence electrons. The van der Waals surface area contributed by atoms with Crippen molar-refractivity contribution in [1.29, 1.82) is 0 Å². The van der Waals surface area contributed by atoms with Crippen molar-refractivity contribution in [2.24, 2.45) is 11.5 Å². The molecule has 0 unspecified atom stereocenters. The smallest absolute Gasteiger partial charge is 0.208 e. The van der Waals surface area contributed by atoms with Crippen LogP contribution in [0.3, 0.4) is 0 Å². The highest BCUT2D eigenvalue weighted by molar-refractivity contribution is 7.97. The van der Waals surface area contributed by atoms with E-state index in [9.17, 15) is 4.39 Å². The molecule has 0 heterocycles. The van der Waals surface area contributed by atoms with Gasteiger partial charge in [-0.1, -0.05) is 43.1 Å². The molecule has 7 heteroatoms. The van der Waals surface area contributed by atoms with Crippen molar-refractivity contribution in [2.75, 3.05) is 12.9 Å². The molecule has 2 rings (SSSR count). The quantitative estimate of drug-likeness (QED) is 0.344. The average molecular weight is 389 g/mol. The number of allylic oxidation sites excluding steroid dienone is 1. The van der Waals surface area contributed by atoms with Gasteiger partial charge in [-0.25, -0.2) is 4.39 Å². The largest absolute Gasteiger partial charge is 0.489 e. The Hall–Kier alpha value is -2.80. The van der Waals surface area contributed by atoms with Gasteiger partial charge in [0, 0.05) is 17.0 Å². The van der Waals surface area contributed by atoms with Crippen molar-refractivity contribution < 1.29 is 13.9 Å². The summed E-state index contributed by atoms with van der Waals surface area (Å²) in [7, 11) is 1.50. The van der Waals surface area contributed by atoms with Gasteiger partial charge in [0.2, 0.25) is 5.88 Å². The second kappa shape index (κ2) is 10.4. The van der Waals surface area contributed by atoms with Crippen LogP contribution in [0.1, 0.15) is 18.1 Å². The second-order valence-electron chi connectivity index (χ2n) is 5.56. The molecule has 0 aromatic heterocycles. The lowest BCUT2D eigenvalue weighted by Crippen LogP contribution is -2.14. The first-order chi connectivity index (χ1) is 13.0. The number of nitrogens with two attached hydrogens (primary N) is 2. The fourth-order valence-corrected chi connectivity index (χ4v) is 2.67. The van der Waals surface area contributed by atoms with E-state index in [4.69, 9.17) is 20.9 Å². The number of halogens is 1. The van der Waals surface area contributed by atoms with Gasteiger partial charge in [0.05, 0.1) is 7.11 Å². The van der Waals surface area contributed by atoms with Gasteiger partial charge >= 0.3 is 0 Å². The van der Waals surface area contributed by atoms with Gasteiger partial charge in [0.15, 0.2) is 0 Å². The number of hydrogen-bond acceptors (Lipinski definition) is 6. The Labute approximate surface area is 163 Å². The topological polar surface area (TPSA) is 82.5 Å². The molecule has 2 aromatic carbocycles. The lowest BCUT2D eigenvalue weighted by Gasteiger charge is -2.11. The summed E-state index contributed by atoms with van der Waals surface area (Å²) in [6, 6.07) is 13.7. The molecule has 0 bridgehead atoms. The number of hydrogen-bond donors (Lipinski definition) is 3. The molecule has 0 saturated carbocycles. The Morgan fingerprint density at radius 1 is 1.19 bits per heavy atom. The molecular weight excluding hydrogens is 365 g/mol. The van der Waals surface area contributed by atoms with Crippen molar-refractivity contribution in [3.8, 4) is 5.75 Å². The summed E-state index contributed by atoms with van der Waals surface area (Å²) < 4.78 is 27.2. The summed E-state index contributed by atoms with van der Waals surface area (Å²) in [5.74, 6) is 1.45. The van der Waals surface area contributed by atoms with Crippen LogP contribution in [0.4, 0.5) is 4.39 Å². The molecule has 0 aliphatic heterocycles. The van der Waals surface area contributed by atoms with Crippen LogP contribution in [0.15, 0.2) is 66.2 Å². The van der Waals surface area contributed by atoms with Crippen LogP contribution in [-0.4, -0.2) is 12.9 Å². The minimum Gasteiger partial charge on any atom is -0.489 e. The van der Waals surface area contributed by atoms with Crippen LogP contribution in [0.2, 0.25) is 0 Å². The zero-order valence-electron chi connectivity index (χ0n) is 15.4. The summed E-state index contributed by atoms with van der Waals surface area (Å²) >= 11 is 1.48. The highest BCUT2D eigenvalue weighted by Gasteiger charge is 2.06. The first kappa shape index (κ1) is 20.5.